The molecule has 0 N–H and O–H groups in total. The molecule has 0 radical (unpaired) electrons. The summed E-state index contributed by atoms with van der Waals surface area (Å²) in [7, 11) is 1.60. The van der Waals surface area contributed by atoms with Gasteiger partial charge in [0, 0.05) is 21.1 Å². The molecule has 1 heterocycles. The molecule has 2 aromatic carbocycles. The van der Waals surface area contributed by atoms with E-state index in [2.05, 4.69) is 0 Å². The summed E-state index contributed by atoms with van der Waals surface area (Å²) in [5.41, 5.74) is 2.59. The Labute approximate surface area is 144 Å². The van der Waals surface area contributed by atoms with Crippen molar-refractivity contribution in [2.45, 2.75) is 17.1 Å². The Morgan fingerprint density at radius 3 is 2.58 bits per heavy atom. The SMILES string of the molecule is COc1ccc2nc(-c3ccccc3)cc(SC(C)C(=O)[O-])c2c1. The van der Waals surface area contributed by atoms with Gasteiger partial charge in [-0.1, -0.05) is 30.3 Å². The monoisotopic (exact) mass is 338 g/mol. The summed E-state index contributed by atoms with van der Waals surface area (Å²) in [5.74, 6) is -0.381. The second-order valence-corrected chi connectivity index (χ2v) is 6.72. The van der Waals surface area contributed by atoms with E-state index in [0.717, 1.165) is 27.1 Å². The van der Waals surface area contributed by atoms with Crippen molar-refractivity contribution in [3.63, 3.8) is 0 Å². The number of nitrogens with zero attached hydrogens (tertiary/aromatic N) is 1. The molecule has 0 aliphatic heterocycles. The quantitative estimate of drug-likeness (QED) is 0.669. The summed E-state index contributed by atoms with van der Waals surface area (Å²) in [5, 5.41) is 11.4. The zero-order chi connectivity index (χ0) is 17.1. The molecule has 122 valence electrons. The molecular weight excluding hydrogens is 322 g/mol. The highest BCUT2D eigenvalue weighted by Crippen LogP contribution is 2.35. The van der Waals surface area contributed by atoms with Gasteiger partial charge >= 0.3 is 0 Å². The highest BCUT2D eigenvalue weighted by Gasteiger charge is 2.13. The summed E-state index contributed by atoms with van der Waals surface area (Å²) in [6.07, 6.45) is 0. The minimum absolute atomic E-state index is 0.662. The highest BCUT2D eigenvalue weighted by molar-refractivity contribution is 8.00. The van der Waals surface area contributed by atoms with Crippen molar-refractivity contribution >= 4 is 28.6 Å². The van der Waals surface area contributed by atoms with E-state index < -0.39 is 11.2 Å². The number of hydrogen-bond acceptors (Lipinski definition) is 5. The van der Waals surface area contributed by atoms with Crippen LogP contribution >= 0.6 is 11.8 Å². The van der Waals surface area contributed by atoms with Crippen LogP contribution in [-0.4, -0.2) is 23.3 Å². The Hall–Kier alpha value is -2.53. The summed E-state index contributed by atoms with van der Waals surface area (Å²) >= 11 is 1.25. The average molecular weight is 338 g/mol. The van der Waals surface area contributed by atoms with Gasteiger partial charge in [0.05, 0.1) is 24.3 Å². The number of benzene rings is 2. The van der Waals surface area contributed by atoms with Crippen LogP contribution in [0.1, 0.15) is 6.92 Å². The topological polar surface area (TPSA) is 62.2 Å². The molecule has 3 rings (SSSR count). The van der Waals surface area contributed by atoms with Crippen molar-refractivity contribution in [3.05, 3.63) is 54.6 Å². The molecule has 1 atom stereocenters. The zero-order valence-corrected chi connectivity index (χ0v) is 14.2. The first-order valence-electron chi connectivity index (χ1n) is 7.50. The van der Waals surface area contributed by atoms with E-state index in [1.54, 1.807) is 14.0 Å². The van der Waals surface area contributed by atoms with Crippen molar-refractivity contribution in [1.29, 1.82) is 0 Å². The number of ether oxygens (including phenoxy) is 1. The van der Waals surface area contributed by atoms with Crippen LogP contribution in [0.25, 0.3) is 22.2 Å². The van der Waals surface area contributed by atoms with Gasteiger partial charge in [0.25, 0.3) is 0 Å². The number of rotatable bonds is 5. The number of aliphatic carboxylic acids is 1. The molecule has 0 amide bonds. The van der Waals surface area contributed by atoms with E-state index in [4.69, 9.17) is 9.72 Å². The molecule has 0 saturated carbocycles. The van der Waals surface area contributed by atoms with E-state index in [1.807, 2.05) is 54.6 Å². The molecule has 0 fully saturated rings. The third-order valence-electron chi connectivity index (χ3n) is 3.68. The van der Waals surface area contributed by atoms with Crippen LogP contribution < -0.4 is 9.84 Å². The van der Waals surface area contributed by atoms with Crippen molar-refractivity contribution in [3.8, 4) is 17.0 Å². The van der Waals surface area contributed by atoms with Crippen LogP contribution in [0.5, 0.6) is 5.75 Å². The third-order valence-corrected chi connectivity index (χ3v) is 4.82. The van der Waals surface area contributed by atoms with Gasteiger partial charge in [-0.3, -0.25) is 0 Å². The summed E-state index contributed by atoms with van der Waals surface area (Å²) in [4.78, 5) is 16.7. The first-order chi connectivity index (χ1) is 11.6. The largest absolute Gasteiger partial charge is 0.549 e. The standard InChI is InChI=1S/C19H17NO3S/c1-12(19(21)22)24-18-11-17(13-6-4-3-5-7-13)20-16-9-8-14(23-2)10-15(16)18/h3-12H,1-2H3,(H,21,22)/p-1. The lowest BCUT2D eigenvalue weighted by atomic mass is 10.1. The molecule has 5 heteroatoms. The third kappa shape index (κ3) is 3.36. The van der Waals surface area contributed by atoms with Crippen LogP contribution in [0.4, 0.5) is 0 Å². The fraction of sp³-hybridized carbons (Fsp3) is 0.158. The molecule has 0 aliphatic rings. The number of fused-ring (bicyclic) bond motifs is 1. The molecule has 0 spiro atoms. The number of aromatic nitrogens is 1. The van der Waals surface area contributed by atoms with Crippen LogP contribution in [0.15, 0.2) is 59.5 Å². The summed E-state index contributed by atoms with van der Waals surface area (Å²) in [6.45, 7) is 1.62. The smallest absolute Gasteiger partial charge is 0.119 e. The van der Waals surface area contributed by atoms with E-state index in [9.17, 15) is 9.90 Å². The Balaban J connectivity index is 2.17. The van der Waals surface area contributed by atoms with Gasteiger partial charge in [-0.25, -0.2) is 4.98 Å². The normalized spacial score (nSPS) is 12.1. The summed E-state index contributed by atoms with van der Waals surface area (Å²) in [6, 6.07) is 17.3. The number of carboxylic acids is 1. The van der Waals surface area contributed by atoms with Gasteiger partial charge in [-0.2, -0.15) is 0 Å². The molecule has 3 aromatic rings. The van der Waals surface area contributed by atoms with Gasteiger partial charge in [-0.05, 0) is 31.2 Å². The van der Waals surface area contributed by atoms with Gasteiger partial charge in [0.2, 0.25) is 0 Å². The van der Waals surface area contributed by atoms with Crippen LogP contribution in [0.2, 0.25) is 0 Å². The maximum absolute atomic E-state index is 11.1. The second kappa shape index (κ2) is 6.93. The highest BCUT2D eigenvalue weighted by atomic mass is 32.2. The molecule has 24 heavy (non-hydrogen) atoms. The van der Waals surface area contributed by atoms with Crippen LogP contribution in [-0.2, 0) is 4.79 Å². The van der Waals surface area contributed by atoms with Crippen LogP contribution in [0.3, 0.4) is 0 Å². The molecule has 0 aliphatic carbocycles. The average Bonchev–Trinajstić information content (AvgIpc) is 2.61. The first-order valence-corrected chi connectivity index (χ1v) is 8.38. The van der Waals surface area contributed by atoms with Gasteiger partial charge in [-0.15, -0.1) is 11.8 Å². The number of methoxy groups -OCH3 is 1. The molecule has 4 nitrogen and oxygen atoms in total. The molecule has 1 unspecified atom stereocenters. The molecule has 1 aromatic heterocycles. The Morgan fingerprint density at radius 1 is 1.17 bits per heavy atom. The minimum Gasteiger partial charge on any atom is -0.549 e. The van der Waals surface area contributed by atoms with E-state index in [1.165, 1.54) is 11.8 Å². The molecule has 0 saturated heterocycles. The lowest BCUT2D eigenvalue weighted by Crippen LogP contribution is -2.31. The van der Waals surface area contributed by atoms with Gasteiger partial charge < -0.3 is 14.6 Å². The van der Waals surface area contributed by atoms with Crippen molar-refractivity contribution < 1.29 is 14.6 Å². The fourth-order valence-electron chi connectivity index (χ4n) is 2.39. The van der Waals surface area contributed by atoms with Crippen molar-refractivity contribution in [2.24, 2.45) is 0 Å². The second-order valence-electron chi connectivity index (χ2n) is 5.33. The number of carboxylic acid groups (broad SMARTS) is 1. The number of hydrogen-bond donors (Lipinski definition) is 0. The molecular formula is C19H16NO3S-. The van der Waals surface area contributed by atoms with Gasteiger partial charge in [0.15, 0.2) is 0 Å². The number of pyridine rings is 1. The summed E-state index contributed by atoms with van der Waals surface area (Å²) < 4.78 is 5.28. The Morgan fingerprint density at radius 2 is 1.92 bits per heavy atom. The molecule has 0 bridgehead atoms. The first kappa shape index (κ1) is 16.3. The van der Waals surface area contributed by atoms with Crippen molar-refractivity contribution in [2.75, 3.05) is 7.11 Å². The fourth-order valence-corrected chi connectivity index (χ4v) is 3.34. The Bertz CT molecular complexity index is 880. The number of carbonyl (C=O) groups excluding carboxylic acids is 1. The lowest BCUT2D eigenvalue weighted by molar-refractivity contribution is -0.304. The predicted molar refractivity (Wildman–Crippen MR) is 94.1 cm³/mol. The predicted octanol–water partition coefficient (Wildman–Crippen LogP) is 3.14. The number of thioether (sulfide) groups is 1. The van der Waals surface area contributed by atoms with E-state index >= 15 is 0 Å². The Kier molecular flexibility index (Phi) is 4.71. The van der Waals surface area contributed by atoms with E-state index in [0.29, 0.717) is 5.75 Å². The van der Waals surface area contributed by atoms with Crippen molar-refractivity contribution in [1.82, 2.24) is 4.98 Å². The number of carbonyl (C=O) groups is 1. The van der Waals surface area contributed by atoms with E-state index in [-0.39, 0.29) is 0 Å². The maximum atomic E-state index is 11.1. The zero-order valence-electron chi connectivity index (χ0n) is 13.4. The minimum atomic E-state index is -1.09. The lowest BCUT2D eigenvalue weighted by Gasteiger charge is -2.15. The van der Waals surface area contributed by atoms with Gasteiger partial charge in [0.1, 0.15) is 5.75 Å². The maximum Gasteiger partial charge on any atom is 0.119 e. The van der Waals surface area contributed by atoms with Crippen LogP contribution in [0, 0.1) is 0 Å².